The molecule has 0 aromatic heterocycles. The second kappa shape index (κ2) is 8.69. The van der Waals surface area contributed by atoms with Crippen molar-refractivity contribution >= 4 is 21.9 Å². The van der Waals surface area contributed by atoms with Crippen molar-refractivity contribution in [1.82, 2.24) is 4.90 Å². The zero-order valence-corrected chi connectivity index (χ0v) is 16.5. The lowest BCUT2D eigenvalue weighted by molar-refractivity contribution is -0.143. The first-order valence-electron chi connectivity index (χ1n) is 9.03. The van der Waals surface area contributed by atoms with Gasteiger partial charge in [0.05, 0.1) is 18.6 Å². The van der Waals surface area contributed by atoms with Crippen molar-refractivity contribution in [2.75, 3.05) is 19.7 Å². The Bertz CT molecular complexity index is 739. The molecule has 3 rings (SSSR count). The summed E-state index contributed by atoms with van der Waals surface area (Å²) in [6.07, 6.45) is 1.38. The topological polar surface area (TPSA) is 49.8 Å². The Hall–Kier alpha value is -1.85. The summed E-state index contributed by atoms with van der Waals surface area (Å²) in [4.78, 5) is 13.7. The van der Waals surface area contributed by atoms with Gasteiger partial charge in [-0.3, -0.25) is 9.69 Å². The summed E-state index contributed by atoms with van der Waals surface area (Å²) in [5.74, 6) is -0.0395. The molecule has 26 heavy (non-hydrogen) atoms. The fourth-order valence-electron chi connectivity index (χ4n) is 3.60. The molecular weight excluding hydrogens is 394 g/mol. The van der Waals surface area contributed by atoms with Crippen molar-refractivity contribution in [3.05, 3.63) is 64.1 Å². The number of benzene rings is 2. The van der Waals surface area contributed by atoms with Crippen LogP contribution in [0.25, 0.3) is 0 Å². The zero-order chi connectivity index (χ0) is 18.5. The molecular formula is C21H24BrNO3. The number of carbonyl (C=O) groups is 1. The van der Waals surface area contributed by atoms with Crippen LogP contribution in [0.15, 0.2) is 53.0 Å². The molecule has 1 heterocycles. The maximum absolute atomic E-state index is 11.3. The predicted molar refractivity (Wildman–Crippen MR) is 106 cm³/mol. The predicted octanol–water partition coefficient (Wildman–Crippen LogP) is 4.73. The fourth-order valence-corrected chi connectivity index (χ4v) is 3.87. The summed E-state index contributed by atoms with van der Waals surface area (Å²) in [7, 11) is 0. The number of carboxylic acid groups (broad SMARTS) is 1. The second-order valence-electron chi connectivity index (χ2n) is 6.61. The Morgan fingerprint density at radius 1 is 1.19 bits per heavy atom. The van der Waals surface area contributed by atoms with E-state index in [-0.39, 0.29) is 12.0 Å². The van der Waals surface area contributed by atoms with Gasteiger partial charge in [0.15, 0.2) is 0 Å². The number of rotatable bonds is 6. The van der Waals surface area contributed by atoms with Gasteiger partial charge >= 0.3 is 5.97 Å². The average molecular weight is 418 g/mol. The lowest BCUT2D eigenvalue weighted by atomic mass is 9.91. The van der Waals surface area contributed by atoms with Gasteiger partial charge in [0.2, 0.25) is 0 Å². The highest BCUT2D eigenvalue weighted by molar-refractivity contribution is 9.10. The number of carboxylic acids is 1. The zero-order valence-electron chi connectivity index (χ0n) is 14.9. The number of nitrogens with zero attached hydrogens (tertiary/aromatic N) is 1. The molecule has 0 radical (unpaired) electrons. The monoisotopic (exact) mass is 417 g/mol. The Balaban J connectivity index is 1.91. The van der Waals surface area contributed by atoms with Gasteiger partial charge in [-0.05, 0) is 68.2 Å². The van der Waals surface area contributed by atoms with Crippen LogP contribution in [0.5, 0.6) is 5.75 Å². The molecule has 1 N–H and O–H groups in total. The van der Waals surface area contributed by atoms with Crippen molar-refractivity contribution in [3.63, 3.8) is 0 Å². The van der Waals surface area contributed by atoms with Crippen molar-refractivity contribution in [2.45, 2.75) is 25.8 Å². The average Bonchev–Trinajstić information content (AvgIpc) is 2.65. The summed E-state index contributed by atoms with van der Waals surface area (Å²) >= 11 is 3.50. The maximum atomic E-state index is 11.3. The third kappa shape index (κ3) is 4.46. The van der Waals surface area contributed by atoms with Gasteiger partial charge in [0, 0.05) is 4.47 Å². The molecule has 0 aliphatic carbocycles. The van der Waals surface area contributed by atoms with Crippen LogP contribution in [-0.2, 0) is 4.79 Å². The van der Waals surface area contributed by atoms with E-state index in [4.69, 9.17) is 4.74 Å². The summed E-state index contributed by atoms with van der Waals surface area (Å²) < 4.78 is 6.73. The molecule has 4 nitrogen and oxygen atoms in total. The van der Waals surface area contributed by atoms with Gasteiger partial charge < -0.3 is 9.84 Å². The van der Waals surface area contributed by atoms with Crippen LogP contribution in [0.1, 0.15) is 36.9 Å². The molecule has 138 valence electrons. The van der Waals surface area contributed by atoms with Crippen LogP contribution in [0.4, 0.5) is 0 Å². The highest BCUT2D eigenvalue weighted by Gasteiger charge is 2.30. The Kier molecular flexibility index (Phi) is 6.33. The highest BCUT2D eigenvalue weighted by Crippen LogP contribution is 2.34. The Labute approximate surface area is 162 Å². The van der Waals surface area contributed by atoms with E-state index in [2.05, 4.69) is 57.2 Å². The first-order chi connectivity index (χ1) is 12.6. The van der Waals surface area contributed by atoms with Gasteiger partial charge in [-0.25, -0.2) is 0 Å². The Morgan fingerprint density at radius 3 is 2.50 bits per heavy atom. The van der Waals surface area contributed by atoms with Crippen LogP contribution >= 0.6 is 15.9 Å². The molecule has 1 fully saturated rings. The van der Waals surface area contributed by atoms with E-state index in [1.165, 1.54) is 11.1 Å². The van der Waals surface area contributed by atoms with Crippen LogP contribution in [0.3, 0.4) is 0 Å². The smallest absolute Gasteiger partial charge is 0.306 e. The molecule has 0 saturated carbocycles. The lowest BCUT2D eigenvalue weighted by Gasteiger charge is -2.37. The van der Waals surface area contributed by atoms with E-state index < -0.39 is 5.97 Å². The molecule has 2 aromatic rings. The van der Waals surface area contributed by atoms with Crippen LogP contribution in [0.2, 0.25) is 0 Å². The van der Waals surface area contributed by atoms with E-state index in [0.29, 0.717) is 19.4 Å². The van der Waals surface area contributed by atoms with E-state index in [0.717, 1.165) is 23.3 Å². The number of likely N-dealkylation sites (tertiary alicyclic amines) is 1. The molecule has 0 spiro atoms. The molecule has 1 unspecified atom stereocenters. The molecule has 1 aliphatic rings. The van der Waals surface area contributed by atoms with E-state index in [1.807, 2.05) is 19.1 Å². The number of piperidine rings is 1. The number of halogens is 1. The Morgan fingerprint density at radius 2 is 1.88 bits per heavy atom. The minimum absolute atomic E-state index is 0.0956. The molecule has 0 amide bonds. The normalized spacial score (nSPS) is 17.0. The highest BCUT2D eigenvalue weighted by atomic mass is 79.9. The van der Waals surface area contributed by atoms with Gasteiger partial charge in [-0.1, -0.05) is 40.2 Å². The van der Waals surface area contributed by atoms with Crippen LogP contribution < -0.4 is 4.74 Å². The van der Waals surface area contributed by atoms with E-state index in [1.54, 1.807) is 0 Å². The molecule has 0 bridgehead atoms. The van der Waals surface area contributed by atoms with Crippen LogP contribution in [-0.4, -0.2) is 35.7 Å². The number of ether oxygens (including phenoxy) is 1. The number of hydrogen-bond acceptors (Lipinski definition) is 3. The molecule has 5 heteroatoms. The maximum Gasteiger partial charge on any atom is 0.306 e. The number of hydrogen-bond donors (Lipinski definition) is 1. The summed E-state index contributed by atoms with van der Waals surface area (Å²) in [6.45, 7) is 4.17. The molecule has 1 saturated heterocycles. The lowest BCUT2D eigenvalue weighted by Crippen LogP contribution is -2.39. The fraction of sp³-hybridized carbons (Fsp3) is 0.381. The third-order valence-corrected chi connectivity index (χ3v) is 5.44. The first-order valence-corrected chi connectivity index (χ1v) is 9.83. The van der Waals surface area contributed by atoms with Crippen molar-refractivity contribution in [2.24, 2.45) is 5.92 Å². The van der Waals surface area contributed by atoms with Crippen LogP contribution in [0, 0.1) is 5.92 Å². The van der Waals surface area contributed by atoms with E-state index in [9.17, 15) is 9.90 Å². The first kappa shape index (κ1) is 18.9. The van der Waals surface area contributed by atoms with Crippen molar-refractivity contribution < 1.29 is 14.6 Å². The standard InChI is InChI=1S/C21H24BrNO3/c1-2-26-19-5-3-4-17(14-19)20(15-6-8-18(22)9-7-15)23-12-10-16(11-13-23)21(24)25/h3-9,14,16,20H,2,10-13H2,1H3,(H,24,25). The SMILES string of the molecule is CCOc1cccc(C(c2ccc(Br)cc2)N2CCC(C(=O)O)CC2)c1. The van der Waals surface area contributed by atoms with Crippen molar-refractivity contribution in [1.29, 1.82) is 0 Å². The quantitative estimate of drug-likeness (QED) is 0.737. The van der Waals surface area contributed by atoms with E-state index >= 15 is 0 Å². The molecule has 1 atom stereocenters. The van der Waals surface area contributed by atoms with Crippen molar-refractivity contribution in [3.8, 4) is 5.75 Å². The summed E-state index contributed by atoms with van der Waals surface area (Å²) in [5.41, 5.74) is 2.38. The van der Waals surface area contributed by atoms with Gasteiger partial charge in [0.25, 0.3) is 0 Å². The van der Waals surface area contributed by atoms with Gasteiger partial charge in [-0.2, -0.15) is 0 Å². The second-order valence-corrected chi connectivity index (χ2v) is 7.52. The minimum atomic E-state index is -0.678. The summed E-state index contributed by atoms with van der Waals surface area (Å²) in [6, 6.07) is 16.7. The largest absolute Gasteiger partial charge is 0.494 e. The third-order valence-electron chi connectivity index (χ3n) is 4.91. The number of aliphatic carboxylic acids is 1. The van der Waals surface area contributed by atoms with Gasteiger partial charge in [-0.15, -0.1) is 0 Å². The minimum Gasteiger partial charge on any atom is -0.494 e. The summed E-state index contributed by atoms with van der Waals surface area (Å²) in [5, 5.41) is 9.28. The molecule has 1 aliphatic heterocycles. The molecule has 2 aromatic carbocycles. The van der Waals surface area contributed by atoms with Gasteiger partial charge in [0.1, 0.15) is 5.75 Å².